The van der Waals surface area contributed by atoms with Crippen LogP contribution in [0.25, 0.3) is 10.9 Å². The minimum absolute atomic E-state index is 0.250. The number of unbranched alkanes of at least 4 members (excludes halogenated alkanes) is 1. The van der Waals surface area contributed by atoms with Crippen LogP contribution in [0.1, 0.15) is 38.2 Å². The van der Waals surface area contributed by atoms with Gasteiger partial charge in [-0.2, -0.15) is 0 Å². The van der Waals surface area contributed by atoms with Crippen molar-refractivity contribution in [2.45, 2.75) is 37.5 Å². The summed E-state index contributed by atoms with van der Waals surface area (Å²) in [4.78, 5) is 0.250. The van der Waals surface area contributed by atoms with Crippen molar-refractivity contribution >= 4 is 20.9 Å². The summed E-state index contributed by atoms with van der Waals surface area (Å²) in [5, 5.41) is 3.82. The zero-order valence-electron chi connectivity index (χ0n) is 18.0. The third kappa shape index (κ3) is 4.63. The predicted octanol–water partition coefficient (Wildman–Crippen LogP) is 4.39. The Labute approximate surface area is 178 Å². The molecule has 0 radical (unpaired) electrons. The van der Waals surface area contributed by atoms with E-state index in [9.17, 15) is 8.42 Å². The molecule has 0 amide bonds. The lowest BCUT2D eigenvalue weighted by Gasteiger charge is -2.10. The third-order valence-electron chi connectivity index (χ3n) is 5.12. The number of nitrogens with one attached hydrogen (secondary N) is 1. The summed E-state index contributed by atoms with van der Waals surface area (Å²) < 4.78 is 39.3. The summed E-state index contributed by atoms with van der Waals surface area (Å²) in [6, 6.07) is 12.4. The molecular formula is C23H30N2O4S. The Hall–Kier alpha value is -2.51. The zero-order chi connectivity index (χ0) is 21.7. The summed E-state index contributed by atoms with van der Waals surface area (Å²) in [6.07, 6.45) is 3.42. The van der Waals surface area contributed by atoms with E-state index in [1.165, 1.54) is 3.97 Å². The molecule has 2 aromatic carbocycles. The largest absolute Gasteiger partial charge is 0.497 e. The Kier molecular flexibility index (Phi) is 7.05. The van der Waals surface area contributed by atoms with Crippen LogP contribution in [0.15, 0.2) is 53.6 Å². The second-order valence-corrected chi connectivity index (χ2v) is 9.38. The Morgan fingerprint density at radius 3 is 2.43 bits per heavy atom. The van der Waals surface area contributed by atoms with Gasteiger partial charge in [0, 0.05) is 5.39 Å². The fraction of sp³-hybridized carbons (Fsp3) is 0.391. The topological polar surface area (TPSA) is 69.6 Å². The summed E-state index contributed by atoms with van der Waals surface area (Å²) in [5.74, 6) is 1.53. The summed E-state index contributed by atoms with van der Waals surface area (Å²) >= 11 is 0. The minimum atomic E-state index is -3.76. The molecule has 0 bridgehead atoms. The van der Waals surface area contributed by atoms with Crippen LogP contribution in [0.3, 0.4) is 0 Å². The van der Waals surface area contributed by atoms with E-state index in [1.807, 2.05) is 25.2 Å². The van der Waals surface area contributed by atoms with Gasteiger partial charge in [0.05, 0.1) is 30.3 Å². The SMILES string of the molecule is CNCCCCOc1cn(S(=O)(=O)c2ccc(C(C)C)cc2)c2ccc(OC)cc12. The molecule has 0 saturated carbocycles. The highest BCUT2D eigenvalue weighted by Gasteiger charge is 2.22. The van der Waals surface area contributed by atoms with E-state index in [-0.39, 0.29) is 4.90 Å². The average Bonchev–Trinajstić information content (AvgIpc) is 3.12. The van der Waals surface area contributed by atoms with Gasteiger partial charge in [-0.3, -0.25) is 0 Å². The third-order valence-corrected chi connectivity index (χ3v) is 6.81. The number of methoxy groups -OCH3 is 1. The van der Waals surface area contributed by atoms with Crippen LogP contribution in [0, 0.1) is 0 Å². The van der Waals surface area contributed by atoms with Gasteiger partial charge in [-0.05, 0) is 68.2 Å². The average molecular weight is 431 g/mol. The molecule has 30 heavy (non-hydrogen) atoms. The van der Waals surface area contributed by atoms with E-state index in [2.05, 4.69) is 19.2 Å². The van der Waals surface area contributed by atoms with E-state index in [0.29, 0.717) is 34.9 Å². The maximum Gasteiger partial charge on any atom is 0.268 e. The molecular weight excluding hydrogens is 400 g/mol. The smallest absolute Gasteiger partial charge is 0.268 e. The number of rotatable bonds is 10. The van der Waals surface area contributed by atoms with Crippen LogP contribution >= 0.6 is 0 Å². The second-order valence-electron chi connectivity index (χ2n) is 7.56. The molecule has 0 aliphatic rings. The van der Waals surface area contributed by atoms with Crippen LogP contribution in [-0.2, 0) is 10.0 Å². The minimum Gasteiger partial charge on any atom is -0.497 e. The van der Waals surface area contributed by atoms with Crippen molar-refractivity contribution in [3.8, 4) is 11.5 Å². The highest BCUT2D eigenvalue weighted by atomic mass is 32.2. The van der Waals surface area contributed by atoms with Crippen LogP contribution < -0.4 is 14.8 Å². The van der Waals surface area contributed by atoms with Crippen molar-refractivity contribution in [1.29, 1.82) is 0 Å². The molecule has 0 aliphatic carbocycles. The Bertz CT molecular complexity index is 1090. The number of nitrogens with zero attached hydrogens (tertiary/aromatic N) is 1. The molecule has 0 unspecified atom stereocenters. The van der Waals surface area contributed by atoms with E-state index in [4.69, 9.17) is 9.47 Å². The molecule has 0 aliphatic heterocycles. The van der Waals surface area contributed by atoms with Crippen molar-refractivity contribution in [2.75, 3.05) is 27.3 Å². The highest BCUT2D eigenvalue weighted by molar-refractivity contribution is 7.90. The van der Waals surface area contributed by atoms with Gasteiger partial charge >= 0.3 is 0 Å². The van der Waals surface area contributed by atoms with Crippen LogP contribution in [0.2, 0.25) is 0 Å². The van der Waals surface area contributed by atoms with E-state index < -0.39 is 10.0 Å². The Balaban J connectivity index is 1.99. The van der Waals surface area contributed by atoms with Crippen molar-refractivity contribution in [3.63, 3.8) is 0 Å². The molecule has 7 heteroatoms. The van der Waals surface area contributed by atoms with Gasteiger partial charge in [0.1, 0.15) is 11.5 Å². The van der Waals surface area contributed by atoms with Crippen LogP contribution in [0.4, 0.5) is 0 Å². The lowest BCUT2D eigenvalue weighted by molar-refractivity contribution is 0.309. The molecule has 1 aromatic heterocycles. The molecule has 6 nitrogen and oxygen atoms in total. The van der Waals surface area contributed by atoms with Crippen molar-refractivity contribution in [1.82, 2.24) is 9.29 Å². The van der Waals surface area contributed by atoms with Crippen LogP contribution in [0.5, 0.6) is 11.5 Å². The number of fused-ring (bicyclic) bond motifs is 1. The predicted molar refractivity (Wildman–Crippen MR) is 120 cm³/mol. The number of benzene rings is 2. The first kappa shape index (κ1) is 22.2. The van der Waals surface area contributed by atoms with Gasteiger partial charge in [-0.25, -0.2) is 12.4 Å². The fourth-order valence-electron chi connectivity index (χ4n) is 3.32. The number of aromatic nitrogens is 1. The Morgan fingerprint density at radius 1 is 1.07 bits per heavy atom. The van der Waals surface area contributed by atoms with E-state index >= 15 is 0 Å². The number of ether oxygens (including phenoxy) is 2. The first-order valence-electron chi connectivity index (χ1n) is 10.2. The maximum absolute atomic E-state index is 13.4. The molecule has 1 N–H and O–H groups in total. The Morgan fingerprint density at radius 2 is 1.80 bits per heavy atom. The second kappa shape index (κ2) is 9.53. The van der Waals surface area contributed by atoms with Gasteiger partial charge in [-0.1, -0.05) is 26.0 Å². The number of hydrogen-bond acceptors (Lipinski definition) is 5. The zero-order valence-corrected chi connectivity index (χ0v) is 18.8. The molecule has 0 fully saturated rings. The molecule has 1 heterocycles. The van der Waals surface area contributed by atoms with E-state index in [0.717, 1.165) is 24.9 Å². The monoisotopic (exact) mass is 430 g/mol. The van der Waals surface area contributed by atoms with Crippen molar-refractivity contribution < 1.29 is 17.9 Å². The van der Waals surface area contributed by atoms with Crippen molar-refractivity contribution in [3.05, 3.63) is 54.2 Å². The standard InChI is InChI=1S/C23H30N2O4S/c1-17(2)18-7-10-20(11-8-18)30(26,27)25-16-23(29-14-6-5-13-24-3)21-15-19(28-4)9-12-22(21)25/h7-12,15-17,24H,5-6,13-14H2,1-4H3. The first-order valence-corrected chi connectivity index (χ1v) is 11.6. The van der Waals surface area contributed by atoms with Crippen molar-refractivity contribution in [2.24, 2.45) is 0 Å². The quantitative estimate of drug-likeness (QED) is 0.483. The first-order chi connectivity index (χ1) is 14.4. The molecule has 3 aromatic rings. The normalized spacial score (nSPS) is 11.9. The highest BCUT2D eigenvalue weighted by Crippen LogP contribution is 2.34. The van der Waals surface area contributed by atoms with Gasteiger partial charge in [0.15, 0.2) is 0 Å². The molecule has 0 spiro atoms. The van der Waals surface area contributed by atoms with Gasteiger partial charge in [0.2, 0.25) is 0 Å². The summed E-state index contributed by atoms with van der Waals surface area (Å²) in [7, 11) is -0.257. The summed E-state index contributed by atoms with van der Waals surface area (Å²) in [6.45, 7) is 5.59. The lowest BCUT2D eigenvalue weighted by Crippen LogP contribution is -2.12. The van der Waals surface area contributed by atoms with Gasteiger partial charge in [0.25, 0.3) is 10.0 Å². The van der Waals surface area contributed by atoms with E-state index in [1.54, 1.807) is 37.6 Å². The molecule has 3 rings (SSSR count). The van der Waals surface area contributed by atoms with Crippen LogP contribution in [-0.4, -0.2) is 39.7 Å². The summed E-state index contributed by atoms with van der Waals surface area (Å²) in [5.41, 5.74) is 1.66. The lowest BCUT2D eigenvalue weighted by atomic mass is 10.0. The fourth-order valence-corrected chi connectivity index (χ4v) is 4.68. The maximum atomic E-state index is 13.4. The number of hydrogen-bond donors (Lipinski definition) is 1. The van der Waals surface area contributed by atoms with Gasteiger partial charge in [-0.15, -0.1) is 0 Å². The van der Waals surface area contributed by atoms with Gasteiger partial charge < -0.3 is 14.8 Å². The molecule has 0 saturated heterocycles. The molecule has 0 atom stereocenters. The molecule has 162 valence electrons.